The van der Waals surface area contributed by atoms with E-state index < -0.39 is 47.8 Å². The number of esters is 1. The van der Waals surface area contributed by atoms with Crippen LogP contribution in [0.5, 0.6) is 5.75 Å². The number of carbonyl (C=O) groups excluding carboxylic acids is 1. The van der Waals surface area contributed by atoms with Gasteiger partial charge in [-0.2, -0.15) is 17.6 Å². The summed E-state index contributed by atoms with van der Waals surface area (Å²) in [5.74, 6) is -4.74. The van der Waals surface area contributed by atoms with Gasteiger partial charge >= 0.3 is 18.5 Å². The molecule has 0 amide bonds. The van der Waals surface area contributed by atoms with Crippen molar-refractivity contribution in [3.05, 3.63) is 23.3 Å². The highest BCUT2D eigenvalue weighted by molar-refractivity contribution is 5.73. The van der Waals surface area contributed by atoms with Crippen molar-refractivity contribution < 1.29 is 45.0 Å². The smallest absolute Gasteiger partial charge is 0.466 e. The molecule has 0 aliphatic rings. The fourth-order valence-electron chi connectivity index (χ4n) is 1.54. The van der Waals surface area contributed by atoms with Crippen LogP contribution >= 0.6 is 0 Å². The maximum atomic E-state index is 13.4. The molecule has 11 heteroatoms. The Morgan fingerprint density at radius 3 is 2.27 bits per heavy atom. The molecule has 1 heterocycles. The van der Waals surface area contributed by atoms with Crippen molar-refractivity contribution in [1.82, 2.24) is 4.98 Å². The Labute approximate surface area is 118 Å². The van der Waals surface area contributed by atoms with Gasteiger partial charge in [0, 0.05) is 5.56 Å². The second-order valence-electron chi connectivity index (χ2n) is 3.79. The van der Waals surface area contributed by atoms with Gasteiger partial charge in [-0.25, -0.2) is 4.98 Å². The molecule has 0 saturated carbocycles. The van der Waals surface area contributed by atoms with Gasteiger partial charge in [0.1, 0.15) is 5.56 Å². The van der Waals surface area contributed by atoms with E-state index in [0.717, 1.165) is 0 Å². The van der Waals surface area contributed by atoms with Gasteiger partial charge in [-0.3, -0.25) is 4.79 Å². The summed E-state index contributed by atoms with van der Waals surface area (Å²) in [5, 5.41) is 0. The van der Waals surface area contributed by atoms with Crippen LogP contribution in [0.25, 0.3) is 0 Å². The van der Waals surface area contributed by atoms with Crippen LogP contribution in [0.4, 0.5) is 30.7 Å². The molecule has 0 N–H and O–H groups in total. The Balaban J connectivity index is 3.40. The summed E-state index contributed by atoms with van der Waals surface area (Å²) in [6.07, 6.45) is -12.1. The van der Waals surface area contributed by atoms with E-state index in [4.69, 9.17) is 0 Å². The van der Waals surface area contributed by atoms with Gasteiger partial charge < -0.3 is 9.47 Å². The first-order chi connectivity index (χ1) is 9.95. The molecular weight excluding hydrogens is 327 g/mol. The summed E-state index contributed by atoms with van der Waals surface area (Å²) in [5.41, 5.74) is -3.45. The molecule has 0 radical (unpaired) electrons. The highest BCUT2D eigenvalue weighted by Crippen LogP contribution is 2.41. The van der Waals surface area contributed by atoms with Crippen molar-refractivity contribution in [3.8, 4) is 5.75 Å². The van der Waals surface area contributed by atoms with E-state index in [-0.39, 0.29) is 12.8 Å². The largest absolute Gasteiger partial charge is 0.573 e. The molecule has 22 heavy (non-hydrogen) atoms. The summed E-state index contributed by atoms with van der Waals surface area (Å²) >= 11 is 0. The fourth-order valence-corrected chi connectivity index (χ4v) is 1.54. The molecule has 4 nitrogen and oxygen atoms in total. The lowest BCUT2D eigenvalue weighted by atomic mass is 10.1. The van der Waals surface area contributed by atoms with E-state index in [2.05, 4.69) is 14.5 Å². The maximum Gasteiger partial charge on any atom is 0.573 e. The number of aromatic nitrogens is 1. The minimum atomic E-state index is -5.44. The minimum Gasteiger partial charge on any atom is -0.466 e. The van der Waals surface area contributed by atoms with Crippen LogP contribution < -0.4 is 4.74 Å². The molecule has 0 fully saturated rings. The van der Waals surface area contributed by atoms with Gasteiger partial charge in [0.2, 0.25) is 5.95 Å². The SMILES string of the molecule is CCOC(=O)Cc1c(F)ncc(OC(F)(F)F)c1C(F)(F)F. The van der Waals surface area contributed by atoms with Crippen LogP contribution in [0.1, 0.15) is 18.1 Å². The molecule has 0 aliphatic carbocycles. The lowest BCUT2D eigenvalue weighted by Gasteiger charge is -2.18. The van der Waals surface area contributed by atoms with Crippen LogP contribution in [0.15, 0.2) is 6.20 Å². The molecule has 0 unspecified atom stereocenters. The molecule has 0 bridgehead atoms. The van der Waals surface area contributed by atoms with Crippen LogP contribution in [-0.2, 0) is 22.1 Å². The average molecular weight is 335 g/mol. The van der Waals surface area contributed by atoms with Crippen molar-refractivity contribution in [2.75, 3.05) is 6.61 Å². The quantitative estimate of drug-likeness (QED) is 0.481. The van der Waals surface area contributed by atoms with Crippen molar-refractivity contribution in [1.29, 1.82) is 0 Å². The van der Waals surface area contributed by atoms with Crippen LogP contribution in [-0.4, -0.2) is 23.9 Å². The molecule has 0 saturated heterocycles. The Kier molecular flexibility index (Phi) is 5.20. The second kappa shape index (κ2) is 6.36. The lowest BCUT2D eigenvalue weighted by molar-refractivity contribution is -0.276. The number of pyridine rings is 1. The predicted molar refractivity (Wildman–Crippen MR) is 56.2 cm³/mol. The van der Waals surface area contributed by atoms with Crippen molar-refractivity contribution in [3.63, 3.8) is 0 Å². The first-order valence-electron chi connectivity index (χ1n) is 5.61. The summed E-state index contributed by atoms with van der Waals surface area (Å²) < 4.78 is 96.1. The van der Waals surface area contributed by atoms with Gasteiger partial charge in [0.05, 0.1) is 19.2 Å². The van der Waals surface area contributed by atoms with Crippen molar-refractivity contribution in [2.24, 2.45) is 0 Å². The molecule has 0 atom stereocenters. The number of rotatable bonds is 4. The second-order valence-corrected chi connectivity index (χ2v) is 3.79. The first-order valence-corrected chi connectivity index (χ1v) is 5.61. The van der Waals surface area contributed by atoms with Gasteiger partial charge in [0.15, 0.2) is 5.75 Å². The van der Waals surface area contributed by atoms with Gasteiger partial charge in [-0.1, -0.05) is 0 Å². The van der Waals surface area contributed by atoms with Crippen molar-refractivity contribution in [2.45, 2.75) is 25.9 Å². The number of ether oxygens (including phenoxy) is 2. The van der Waals surface area contributed by atoms with E-state index in [1.165, 1.54) is 6.92 Å². The predicted octanol–water partition coefficient (Wildman–Crippen LogP) is 3.24. The third kappa shape index (κ3) is 4.74. The highest BCUT2D eigenvalue weighted by Gasteiger charge is 2.43. The van der Waals surface area contributed by atoms with E-state index >= 15 is 0 Å². The molecule has 1 aromatic rings. The number of nitrogens with zero attached hydrogens (tertiary/aromatic N) is 1. The molecule has 1 rings (SSSR count). The topological polar surface area (TPSA) is 48.4 Å². The van der Waals surface area contributed by atoms with E-state index in [1.54, 1.807) is 0 Å². The molecule has 0 aliphatic heterocycles. The zero-order chi connectivity index (χ0) is 17.1. The maximum absolute atomic E-state index is 13.4. The number of alkyl halides is 6. The zero-order valence-electron chi connectivity index (χ0n) is 10.8. The Bertz CT molecular complexity index is 554. The van der Waals surface area contributed by atoms with Crippen LogP contribution in [0, 0.1) is 5.95 Å². The summed E-state index contributed by atoms with van der Waals surface area (Å²) in [6, 6.07) is 0. The normalized spacial score (nSPS) is 12.2. The van der Waals surface area contributed by atoms with Gasteiger partial charge in [-0.05, 0) is 6.92 Å². The number of hydrogen-bond acceptors (Lipinski definition) is 4. The summed E-state index contributed by atoms with van der Waals surface area (Å²) in [6.45, 7) is 1.15. The van der Waals surface area contributed by atoms with Gasteiger partial charge in [0.25, 0.3) is 0 Å². The molecule has 0 spiro atoms. The van der Waals surface area contributed by atoms with E-state index in [9.17, 15) is 35.5 Å². The summed E-state index contributed by atoms with van der Waals surface area (Å²) in [4.78, 5) is 13.9. The van der Waals surface area contributed by atoms with E-state index in [1.807, 2.05) is 0 Å². The highest BCUT2D eigenvalue weighted by atomic mass is 19.4. The third-order valence-corrected chi connectivity index (χ3v) is 2.23. The van der Waals surface area contributed by atoms with Crippen LogP contribution in [0.3, 0.4) is 0 Å². The molecule has 0 aromatic carbocycles. The number of halogens is 7. The third-order valence-electron chi connectivity index (χ3n) is 2.23. The van der Waals surface area contributed by atoms with E-state index in [0.29, 0.717) is 0 Å². The van der Waals surface area contributed by atoms with Gasteiger partial charge in [-0.15, -0.1) is 13.2 Å². The molecular formula is C11H8F7NO3. The lowest BCUT2D eigenvalue weighted by Crippen LogP contribution is -2.23. The Hall–Kier alpha value is -2.07. The average Bonchev–Trinajstić information content (AvgIpc) is 2.30. The van der Waals surface area contributed by atoms with Crippen molar-refractivity contribution >= 4 is 5.97 Å². The fraction of sp³-hybridized carbons (Fsp3) is 0.455. The zero-order valence-corrected chi connectivity index (χ0v) is 10.8. The standard InChI is InChI=1S/C11H8F7NO3/c1-2-21-7(20)3-5-8(10(13,14)15)6(4-19-9(5)12)22-11(16,17)18/h4H,2-3H2,1H3. The Morgan fingerprint density at radius 2 is 1.82 bits per heavy atom. The molecule has 124 valence electrons. The first kappa shape index (κ1) is 18.0. The monoisotopic (exact) mass is 335 g/mol. The van der Waals surface area contributed by atoms with Crippen LogP contribution in [0.2, 0.25) is 0 Å². The number of hydrogen-bond donors (Lipinski definition) is 0. The Morgan fingerprint density at radius 1 is 1.23 bits per heavy atom. The minimum absolute atomic E-state index is 0.0553. The molecule has 1 aromatic heterocycles. The number of carbonyl (C=O) groups is 1. The summed E-state index contributed by atoms with van der Waals surface area (Å²) in [7, 11) is 0.